The van der Waals surface area contributed by atoms with Crippen LogP contribution in [0.2, 0.25) is 0 Å². The van der Waals surface area contributed by atoms with Gasteiger partial charge in [0.25, 0.3) is 0 Å². The van der Waals surface area contributed by atoms with Crippen molar-refractivity contribution >= 4 is 34.6 Å². The van der Waals surface area contributed by atoms with Crippen molar-refractivity contribution in [1.82, 2.24) is 24.4 Å². The van der Waals surface area contributed by atoms with Crippen LogP contribution in [0.1, 0.15) is 58.4 Å². The number of urea groups is 1. The summed E-state index contributed by atoms with van der Waals surface area (Å²) in [6.07, 6.45) is 2.28. The fourth-order valence-electron chi connectivity index (χ4n) is 5.27. The number of ether oxygens (including phenoxy) is 1. The zero-order valence-corrected chi connectivity index (χ0v) is 23.1. The summed E-state index contributed by atoms with van der Waals surface area (Å²) in [4.78, 5) is 28.7. The second-order valence-corrected chi connectivity index (χ2v) is 11.0. The molecular formula is C27H36F3N9O2. The second kappa shape index (κ2) is 12.0. The number of nitrogens with one attached hydrogen (secondary N) is 3. The third-order valence-corrected chi connectivity index (χ3v) is 7.55. The summed E-state index contributed by atoms with van der Waals surface area (Å²) in [5.41, 5.74) is 7.92. The lowest BCUT2D eigenvalue weighted by atomic mass is 9.92. The Morgan fingerprint density at radius 2 is 1.66 bits per heavy atom. The molecule has 41 heavy (non-hydrogen) atoms. The summed E-state index contributed by atoms with van der Waals surface area (Å²) in [7, 11) is 0. The number of anilines is 3. The van der Waals surface area contributed by atoms with E-state index in [9.17, 15) is 18.0 Å². The van der Waals surface area contributed by atoms with Crippen LogP contribution < -0.4 is 26.4 Å². The van der Waals surface area contributed by atoms with Gasteiger partial charge >= 0.3 is 12.4 Å². The lowest BCUT2D eigenvalue weighted by Gasteiger charge is -2.32. The molecule has 2 fully saturated rings. The molecule has 222 valence electrons. The Bertz CT molecular complexity index is 1330. The number of nitrogens with two attached hydrogens (primary N) is 1. The van der Waals surface area contributed by atoms with Gasteiger partial charge in [-0.05, 0) is 76.6 Å². The van der Waals surface area contributed by atoms with Crippen molar-refractivity contribution in [2.24, 2.45) is 5.73 Å². The van der Waals surface area contributed by atoms with E-state index >= 15 is 0 Å². The topological polar surface area (TPSA) is 135 Å². The molecule has 2 aliphatic rings. The van der Waals surface area contributed by atoms with Gasteiger partial charge in [0.1, 0.15) is 5.75 Å². The first-order valence-corrected chi connectivity index (χ1v) is 14.0. The number of aromatic nitrogens is 4. The van der Waals surface area contributed by atoms with Gasteiger partial charge < -0.3 is 35.9 Å². The average Bonchev–Trinajstić information content (AvgIpc) is 3.35. The Kier molecular flexibility index (Phi) is 8.38. The van der Waals surface area contributed by atoms with Gasteiger partial charge in [-0.15, -0.1) is 13.2 Å². The first-order chi connectivity index (χ1) is 19.5. The minimum atomic E-state index is -4.77. The van der Waals surface area contributed by atoms with E-state index in [0.717, 1.165) is 43.5 Å². The van der Waals surface area contributed by atoms with Crippen LogP contribution in [0.25, 0.3) is 11.2 Å². The second-order valence-electron chi connectivity index (χ2n) is 11.0. The number of benzene rings is 1. The highest BCUT2D eigenvalue weighted by molar-refractivity contribution is 5.89. The fraction of sp³-hybridized carbons (Fsp3) is 0.556. The molecule has 0 atom stereocenters. The van der Waals surface area contributed by atoms with Gasteiger partial charge in [0.2, 0.25) is 5.95 Å². The Balaban J connectivity index is 1.21. The Labute approximate surface area is 236 Å². The minimum absolute atomic E-state index is 0.0701. The van der Waals surface area contributed by atoms with Crippen LogP contribution in [0, 0.1) is 0 Å². The summed E-state index contributed by atoms with van der Waals surface area (Å²) in [6, 6.07) is 5.52. The van der Waals surface area contributed by atoms with Crippen LogP contribution in [0.15, 0.2) is 30.6 Å². The van der Waals surface area contributed by atoms with E-state index in [-0.39, 0.29) is 35.9 Å². The van der Waals surface area contributed by atoms with Crippen LogP contribution >= 0.6 is 0 Å². The summed E-state index contributed by atoms with van der Waals surface area (Å²) in [6.45, 7) is 5.16. The van der Waals surface area contributed by atoms with Crippen molar-refractivity contribution in [2.45, 2.75) is 82.9 Å². The molecule has 1 aromatic carbocycles. The third-order valence-electron chi connectivity index (χ3n) is 7.55. The maximum absolute atomic E-state index is 12.8. The van der Waals surface area contributed by atoms with Crippen molar-refractivity contribution in [3.05, 3.63) is 30.6 Å². The maximum Gasteiger partial charge on any atom is 0.573 e. The summed E-state index contributed by atoms with van der Waals surface area (Å²) in [5, 5.41) is 9.78. The average molecular weight is 576 g/mol. The maximum atomic E-state index is 12.8. The number of likely N-dealkylation sites (tertiary alicyclic amines) is 1. The number of halogens is 3. The number of nitrogens with zero attached hydrogens (tertiary/aromatic N) is 5. The SMILES string of the molecule is CC(C)n1cnc2c(NC3CCN(C(=O)Nc4ccc(OC(F)(F)F)cc4)CC3)nc(NC3CCC(N)CC3)nc21. The molecule has 0 radical (unpaired) electrons. The van der Waals surface area contributed by atoms with E-state index in [1.54, 1.807) is 11.2 Å². The minimum Gasteiger partial charge on any atom is -0.406 e. The van der Waals surface area contributed by atoms with Crippen molar-refractivity contribution in [3.8, 4) is 5.75 Å². The fourth-order valence-corrected chi connectivity index (χ4v) is 5.27. The Morgan fingerprint density at radius 3 is 2.29 bits per heavy atom. The molecule has 0 spiro atoms. The molecule has 5 N–H and O–H groups in total. The molecule has 3 heterocycles. The summed E-state index contributed by atoms with van der Waals surface area (Å²) < 4.78 is 43.0. The van der Waals surface area contributed by atoms with E-state index in [1.807, 2.05) is 4.57 Å². The number of alkyl halides is 3. The highest BCUT2D eigenvalue weighted by Crippen LogP contribution is 2.28. The largest absolute Gasteiger partial charge is 0.573 e. The first-order valence-electron chi connectivity index (χ1n) is 14.0. The van der Waals surface area contributed by atoms with Gasteiger partial charge in [-0.2, -0.15) is 9.97 Å². The lowest BCUT2D eigenvalue weighted by Crippen LogP contribution is -2.44. The van der Waals surface area contributed by atoms with Crippen molar-refractivity contribution in [3.63, 3.8) is 0 Å². The summed E-state index contributed by atoms with van der Waals surface area (Å²) >= 11 is 0. The monoisotopic (exact) mass is 575 g/mol. The van der Waals surface area contributed by atoms with E-state index in [2.05, 4.69) is 39.5 Å². The molecule has 2 amide bonds. The molecular weight excluding hydrogens is 539 g/mol. The zero-order chi connectivity index (χ0) is 29.1. The molecule has 1 saturated carbocycles. The van der Waals surface area contributed by atoms with Gasteiger partial charge in [0.05, 0.1) is 6.33 Å². The molecule has 1 aliphatic heterocycles. The van der Waals surface area contributed by atoms with Crippen LogP contribution in [0.3, 0.4) is 0 Å². The number of rotatable bonds is 7. The lowest BCUT2D eigenvalue weighted by molar-refractivity contribution is -0.274. The predicted octanol–water partition coefficient (Wildman–Crippen LogP) is 5.10. The standard InChI is InChI=1S/C27H36F3N9O2/c1-16(2)39-15-32-22-23(36-25(37-24(22)39)34-18-5-3-17(31)4-6-18)33-20-11-13-38(14-12-20)26(40)35-19-7-9-21(10-8-19)41-27(28,29)30/h7-10,15-18,20H,3-6,11-14,31H2,1-2H3,(H,35,40)(H2,33,34,36,37). The van der Waals surface area contributed by atoms with Crippen LogP contribution in [-0.2, 0) is 0 Å². The quantitative estimate of drug-likeness (QED) is 0.306. The smallest absolute Gasteiger partial charge is 0.406 e. The van der Waals surface area contributed by atoms with Gasteiger partial charge in [0.15, 0.2) is 17.0 Å². The van der Waals surface area contributed by atoms with Gasteiger partial charge in [-0.3, -0.25) is 0 Å². The van der Waals surface area contributed by atoms with Gasteiger partial charge in [-0.1, -0.05) is 0 Å². The molecule has 0 bridgehead atoms. The highest BCUT2D eigenvalue weighted by atomic mass is 19.4. The van der Waals surface area contributed by atoms with E-state index in [1.165, 1.54) is 12.1 Å². The number of fused-ring (bicyclic) bond motifs is 1. The number of amides is 2. The van der Waals surface area contributed by atoms with Crippen LogP contribution in [0.5, 0.6) is 5.75 Å². The normalized spacial score (nSPS) is 20.3. The Hall–Kier alpha value is -3.81. The number of hydrogen-bond donors (Lipinski definition) is 4. The third kappa shape index (κ3) is 7.29. The van der Waals surface area contributed by atoms with Crippen molar-refractivity contribution in [2.75, 3.05) is 29.0 Å². The first kappa shape index (κ1) is 28.7. The van der Waals surface area contributed by atoms with E-state index < -0.39 is 6.36 Å². The molecule has 11 nitrogen and oxygen atoms in total. The molecule has 0 unspecified atom stereocenters. The molecule has 5 rings (SSSR count). The Morgan fingerprint density at radius 1 is 1.00 bits per heavy atom. The highest BCUT2D eigenvalue weighted by Gasteiger charge is 2.31. The number of hydrogen-bond acceptors (Lipinski definition) is 8. The molecule has 3 aromatic rings. The number of carbonyl (C=O) groups is 1. The summed E-state index contributed by atoms with van der Waals surface area (Å²) in [5.74, 6) is 0.876. The molecule has 2 aromatic heterocycles. The van der Waals surface area contributed by atoms with E-state index in [0.29, 0.717) is 48.9 Å². The van der Waals surface area contributed by atoms with Crippen molar-refractivity contribution in [1.29, 1.82) is 0 Å². The molecule has 14 heteroatoms. The predicted molar refractivity (Wildman–Crippen MR) is 150 cm³/mol. The zero-order valence-electron chi connectivity index (χ0n) is 23.1. The number of carbonyl (C=O) groups excluding carboxylic acids is 1. The molecule has 1 aliphatic carbocycles. The van der Waals surface area contributed by atoms with Crippen LogP contribution in [-0.4, -0.2) is 68.0 Å². The van der Waals surface area contributed by atoms with E-state index in [4.69, 9.17) is 15.7 Å². The molecule has 1 saturated heterocycles. The number of piperidine rings is 1. The number of imidazole rings is 1. The van der Waals surface area contributed by atoms with Gasteiger partial charge in [0, 0.05) is 42.9 Å². The van der Waals surface area contributed by atoms with Crippen LogP contribution in [0.4, 0.5) is 35.4 Å². The van der Waals surface area contributed by atoms with Crippen molar-refractivity contribution < 1.29 is 22.7 Å². The van der Waals surface area contributed by atoms with Gasteiger partial charge in [-0.25, -0.2) is 9.78 Å².